The van der Waals surface area contributed by atoms with E-state index in [1.54, 1.807) is 0 Å². The molecule has 1 aliphatic rings. The Morgan fingerprint density at radius 3 is 2.65 bits per heavy atom. The zero-order valence-corrected chi connectivity index (χ0v) is 10.5. The number of aliphatic hydroxyl groups excluding tert-OH is 1. The second kappa shape index (κ2) is 7.29. The van der Waals surface area contributed by atoms with Crippen LogP contribution in [0.2, 0.25) is 0 Å². The molecule has 1 amide bonds. The van der Waals surface area contributed by atoms with Gasteiger partial charge in [-0.15, -0.1) is 0 Å². The second-order valence-corrected chi connectivity index (χ2v) is 4.82. The molecule has 96 valence electrons. The van der Waals surface area contributed by atoms with Crippen molar-refractivity contribution in [2.75, 3.05) is 13.2 Å². The van der Waals surface area contributed by atoms with Gasteiger partial charge in [0, 0.05) is 13.2 Å². The highest BCUT2D eigenvalue weighted by molar-refractivity contribution is 5.80. The molecule has 4 nitrogen and oxygen atoms in total. The summed E-state index contributed by atoms with van der Waals surface area (Å²) in [5, 5.41) is 20.9. The summed E-state index contributed by atoms with van der Waals surface area (Å²) in [6, 6.07) is 2.00. The van der Waals surface area contributed by atoms with Gasteiger partial charge in [-0.25, -0.2) is 0 Å². The molecular formula is C13H22N2O2. The van der Waals surface area contributed by atoms with Crippen LogP contribution in [0.3, 0.4) is 0 Å². The van der Waals surface area contributed by atoms with E-state index in [0.717, 1.165) is 12.8 Å². The number of carbonyl (C=O) groups excluding carboxylic acids is 1. The molecule has 1 rings (SSSR count). The quantitative estimate of drug-likeness (QED) is 0.761. The van der Waals surface area contributed by atoms with Crippen molar-refractivity contribution in [3.63, 3.8) is 0 Å². The zero-order chi connectivity index (χ0) is 12.7. The molecule has 0 aliphatic heterocycles. The topological polar surface area (TPSA) is 73.1 Å². The minimum Gasteiger partial charge on any atom is -0.396 e. The number of nitrogens with zero attached hydrogens (tertiary/aromatic N) is 1. The minimum absolute atomic E-state index is 0.169. The average molecular weight is 238 g/mol. The Kier molecular flexibility index (Phi) is 5.99. The summed E-state index contributed by atoms with van der Waals surface area (Å²) in [5.74, 6) is -0.0245. The molecule has 0 saturated heterocycles. The highest BCUT2D eigenvalue weighted by Gasteiger charge is 2.25. The van der Waals surface area contributed by atoms with Crippen molar-refractivity contribution in [2.24, 2.45) is 17.8 Å². The number of nitrogens with one attached hydrogen (secondary N) is 1. The molecule has 3 unspecified atom stereocenters. The molecule has 0 bridgehead atoms. The first-order chi connectivity index (χ1) is 8.22. The lowest BCUT2D eigenvalue weighted by Gasteiger charge is -2.30. The smallest absolute Gasteiger partial charge is 0.237 e. The van der Waals surface area contributed by atoms with Crippen LogP contribution in [0.15, 0.2) is 0 Å². The summed E-state index contributed by atoms with van der Waals surface area (Å²) < 4.78 is 0. The van der Waals surface area contributed by atoms with Crippen molar-refractivity contribution in [1.82, 2.24) is 5.32 Å². The fourth-order valence-corrected chi connectivity index (χ4v) is 2.48. The summed E-state index contributed by atoms with van der Waals surface area (Å²) in [6.45, 7) is 2.64. The van der Waals surface area contributed by atoms with Crippen molar-refractivity contribution < 1.29 is 9.90 Å². The fourth-order valence-electron chi connectivity index (χ4n) is 2.48. The fraction of sp³-hybridized carbons (Fsp3) is 0.846. The van der Waals surface area contributed by atoms with E-state index in [-0.39, 0.29) is 12.5 Å². The lowest BCUT2D eigenvalue weighted by molar-refractivity contribution is -0.123. The van der Waals surface area contributed by atoms with Crippen molar-refractivity contribution in [1.29, 1.82) is 5.26 Å². The van der Waals surface area contributed by atoms with Crippen molar-refractivity contribution in [3.05, 3.63) is 0 Å². The van der Waals surface area contributed by atoms with Crippen LogP contribution < -0.4 is 5.32 Å². The van der Waals surface area contributed by atoms with E-state index < -0.39 is 5.92 Å². The van der Waals surface area contributed by atoms with Crippen LogP contribution in [0.1, 0.15) is 39.0 Å². The van der Waals surface area contributed by atoms with Crippen LogP contribution in [0, 0.1) is 29.1 Å². The summed E-state index contributed by atoms with van der Waals surface area (Å²) in [7, 11) is 0. The maximum absolute atomic E-state index is 11.6. The van der Waals surface area contributed by atoms with Gasteiger partial charge in [0.15, 0.2) is 0 Å². The third kappa shape index (κ3) is 4.01. The van der Waals surface area contributed by atoms with E-state index in [4.69, 9.17) is 5.26 Å². The van der Waals surface area contributed by atoms with E-state index in [0.29, 0.717) is 24.8 Å². The molecule has 0 heterocycles. The Labute approximate surface area is 103 Å². The van der Waals surface area contributed by atoms with E-state index in [9.17, 15) is 9.90 Å². The van der Waals surface area contributed by atoms with Crippen LogP contribution in [-0.4, -0.2) is 24.2 Å². The van der Waals surface area contributed by atoms with Crippen LogP contribution in [-0.2, 0) is 4.79 Å². The molecule has 0 aromatic carbocycles. The van der Waals surface area contributed by atoms with Gasteiger partial charge in [0.25, 0.3) is 0 Å². The molecular weight excluding hydrogens is 216 g/mol. The standard InChI is InChI=1S/C13H22N2O2/c1-2-10(7-14)13(17)15-8-11-5-3-4-6-12(11)9-16/h10-12,16H,2-6,8-9H2,1H3,(H,15,17). The first-order valence-corrected chi connectivity index (χ1v) is 6.51. The molecule has 0 aromatic heterocycles. The van der Waals surface area contributed by atoms with Crippen molar-refractivity contribution in [3.8, 4) is 6.07 Å². The number of hydrogen-bond acceptors (Lipinski definition) is 3. The van der Waals surface area contributed by atoms with Gasteiger partial charge in [-0.1, -0.05) is 19.8 Å². The van der Waals surface area contributed by atoms with Gasteiger partial charge in [0.2, 0.25) is 5.91 Å². The second-order valence-electron chi connectivity index (χ2n) is 4.82. The van der Waals surface area contributed by atoms with Crippen LogP contribution in [0.25, 0.3) is 0 Å². The monoisotopic (exact) mass is 238 g/mol. The maximum Gasteiger partial charge on any atom is 0.237 e. The third-order valence-electron chi connectivity index (χ3n) is 3.72. The predicted molar refractivity (Wildman–Crippen MR) is 64.9 cm³/mol. The van der Waals surface area contributed by atoms with E-state index in [1.807, 2.05) is 13.0 Å². The molecule has 1 fully saturated rings. The number of amides is 1. The molecule has 4 heteroatoms. The third-order valence-corrected chi connectivity index (χ3v) is 3.72. The first kappa shape index (κ1) is 14.0. The molecule has 17 heavy (non-hydrogen) atoms. The summed E-state index contributed by atoms with van der Waals surface area (Å²) in [4.78, 5) is 11.6. The average Bonchev–Trinajstić information content (AvgIpc) is 2.38. The first-order valence-electron chi connectivity index (χ1n) is 6.51. The molecule has 2 N–H and O–H groups in total. The van der Waals surface area contributed by atoms with Gasteiger partial charge in [0.05, 0.1) is 6.07 Å². The molecule has 1 aliphatic carbocycles. The van der Waals surface area contributed by atoms with Crippen LogP contribution in [0.4, 0.5) is 0 Å². The Morgan fingerprint density at radius 2 is 2.12 bits per heavy atom. The van der Waals surface area contributed by atoms with Gasteiger partial charge in [-0.05, 0) is 31.1 Å². The molecule has 3 atom stereocenters. The van der Waals surface area contributed by atoms with Gasteiger partial charge < -0.3 is 10.4 Å². The molecule has 0 aromatic rings. The number of rotatable bonds is 5. The summed E-state index contributed by atoms with van der Waals surface area (Å²) in [6.07, 6.45) is 5.01. The van der Waals surface area contributed by atoms with E-state index in [1.165, 1.54) is 12.8 Å². The van der Waals surface area contributed by atoms with Gasteiger partial charge in [0.1, 0.15) is 5.92 Å². The molecule has 0 radical (unpaired) electrons. The predicted octanol–water partition coefficient (Wildman–Crippen LogP) is 1.45. The lowest BCUT2D eigenvalue weighted by Crippen LogP contribution is -2.38. The number of nitriles is 1. The zero-order valence-electron chi connectivity index (χ0n) is 10.5. The maximum atomic E-state index is 11.6. The lowest BCUT2D eigenvalue weighted by atomic mass is 9.79. The minimum atomic E-state index is -0.536. The normalized spacial score (nSPS) is 25.9. The van der Waals surface area contributed by atoms with Crippen LogP contribution in [0.5, 0.6) is 0 Å². The molecule has 1 saturated carbocycles. The van der Waals surface area contributed by atoms with Gasteiger partial charge in [-0.2, -0.15) is 5.26 Å². The number of carbonyl (C=O) groups is 1. The Hall–Kier alpha value is -1.08. The van der Waals surface area contributed by atoms with E-state index in [2.05, 4.69) is 5.32 Å². The number of aliphatic hydroxyl groups is 1. The Bertz CT molecular complexity index is 286. The summed E-state index contributed by atoms with van der Waals surface area (Å²) in [5.41, 5.74) is 0. The van der Waals surface area contributed by atoms with Crippen molar-refractivity contribution in [2.45, 2.75) is 39.0 Å². The van der Waals surface area contributed by atoms with Gasteiger partial charge in [-0.3, -0.25) is 4.79 Å². The summed E-state index contributed by atoms with van der Waals surface area (Å²) >= 11 is 0. The van der Waals surface area contributed by atoms with Gasteiger partial charge >= 0.3 is 0 Å². The SMILES string of the molecule is CCC(C#N)C(=O)NCC1CCCCC1CO. The highest BCUT2D eigenvalue weighted by atomic mass is 16.3. The largest absolute Gasteiger partial charge is 0.396 e. The van der Waals surface area contributed by atoms with Crippen LogP contribution >= 0.6 is 0 Å². The Morgan fingerprint density at radius 1 is 1.47 bits per heavy atom. The Balaban J connectivity index is 2.38. The van der Waals surface area contributed by atoms with E-state index >= 15 is 0 Å². The number of hydrogen-bond donors (Lipinski definition) is 2. The highest BCUT2D eigenvalue weighted by Crippen LogP contribution is 2.29. The molecule has 0 spiro atoms. The van der Waals surface area contributed by atoms with Crippen molar-refractivity contribution >= 4 is 5.91 Å².